The standard InChI is InChI=1S/C28H39N5O3S/c1-28(2)12-10-20(11-13-28)24-16-21(19-4-7-22(8-5-19)30-14-15-37(3,35)36)6-9-25(24)33-27(34)26-31-18-23(17-29)32-26/h6,9-10,16,19,22-23,30H,4-5,7-8,11-15,18H2,1-3H3,(H,31,32)(H,33,34). The SMILES string of the molecule is CC1(C)CC=C(c2cc(C3CCC(NCCS(C)(=O)=O)CC3)ccc2NC(=O)C2=NC(C#N)CN2)CC1. The molecule has 1 heterocycles. The fourth-order valence-corrected chi connectivity index (χ4v) is 5.92. The molecule has 8 nitrogen and oxygen atoms in total. The van der Waals surface area contributed by atoms with Crippen molar-refractivity contribution in [3.8, 4) is 6.07 Å². The number of hydrogen-bond acceptors (Lipinski definition) is 7. The van der Waals surface area contributed by atoms with Gasteiger partial charge in [0.15, 0.2) is 11.9 Å². The zero-order valence-corrected chi connectivity index (χ0v) is 23.0. The van der Waals surface area contributed by atoms with Gasteiger partial charge in [0, 0.05) is 30.1 Å². The van der Waals surface area contributed by atoms with Crippen LogP contribution in [0.2, 0.25) is 0 Å². The fourth-order valence-electron chi connectivity index (χ4n) is 5.43. The second-order valence-corrected chi connectivity index (χ2v) is 13.8. The first-order chi connectivity index (χ1) is 17.5. The molecular formula is C28H39N5O3S. The van der Waals surface area contributed by atoms with Crippen LogP contribution >= 0.6 is 0 Å². The summed E-state index contributed by atoms with van der Waals surface area (Å²) in [5.41, 5.74) is 4.69. The van der Waals surface area contributed by atoms with Gasteiger partial charge in [0.05, 0.1) is 18.4 Å². The third kappa shape index (κ3) is 7.42. The van der Waals surface area contributed by atoms with Crippen molar-refractivity contribution in [1.82, 2.24) is 10.6 Å². The highest BCUT2D eigenvalue weighted by Crippen LogP contribution is 2.42. The van der Waals surface area contributed by atoms with E-state index in [-0.39, 0.29) is 22.9 Å². The monoisotopic (exact) mass is 525 g/mol. The average molecular weight is 526 g/mol. The first-order valence-electron chi connectivity index (χ1n) is 13.3. The minimum Gasteiger partial charge on any atom is -0.362 e. The zero-order chi connectivity index (χ0) is 26.6. The molecule has 0 spiro atoms. The molecule has 2 aliphatic carbocycles. The molecule has 1 aromatic carbocycles. The molecule has 1 unspecified atom stereocenters. The quantitative estimate of drug-likeness (QED) is 0.475. The molecular weight excluding hydrogens is 486 g/mol. The van der Waals surface area contributed by atoms with Gasteiger partial charge < -0.3 is 16.0 Å². The van der Waals surface area contributed by atoms with E-state index in [1.165, 1.54) is 17.4 Å². The van der Waals surface area contributed by atoms with Crippen LogP contribution in [-0.4, -0.2) is 57.3 Å². The number of nitrogens with one attached hydrogen (secondary N) is 3. The number of benzene rings is 1. The van der Waals surface area contributed by atoms with E-state index >= 15 is 0 Å². The van der Waals surface area contributed by atoms with Gasteiger partial charge in [-0.25, -0.2) is 13.4 Å². The number of rotatable bonds is 8. The molecule has 1 aromatic rings. The Labute approximate surface area is 220 Å². The van der Waals surface area contributed by atoms with Crippen molar-refractivity contribution < 1.29 is 13.2 Å². The zero-order valence-electron chi connectivity index (χ0n) is 22.1. The number of amides is 1. The maximum Gasteiger partial charge on any atom is 0.290 e. The van der Waals surface area contributed by atoms with Gasteiger partial charge in [0.25, 0.3) is 5.91 Å². The number of carbonyl (C=O) groups excluding carboxylic acids is 1. The Balaban J connectivity index is 1.49. The number of carbonyl (C=O) groups is 1. The maximum atomic E-state index is 12.9. The Hall–Kier alpha value is -2.70. The van der Waals surface area contributed by atoms with Gasteiger partial charge in [-0.2, -0.15) is 5.26 Å². The summed E-state index contributed by atoms with van der Waals surface area (Å²) >= 11 is 0. The van der Waals surface area contributed by atoms with Crippen LogP contribution in [0.5, 0.6) is 0 Å². The van der Waals surface area contributed by atoms with Crippen LogP contribution in [0.4, 0.5) is 5.69 Å². The van der Waals surface area contributed by atoms with E-state index in [4.69, 9.17) is 5.26 Å². The number of allylic oxidation sites excluding steroid dienone is 2. The molecule has 1 aliphatic heterocycles. The molecule has 3 N–H and O–H groups in total. The number of aliphatic imine (C=N–C) groups is 1. The minimum absolute atomic E-state index is 0.175. The van der Waals surface area contributed by atoms with Gasteiger partial charge in [0.1, 0.15) is 9.84 Å². The lowest BCUT2D eigenvalue weighted by Gasteiger charge is -2.31. The van der Waals surface area contributed by atoms with E-state index in [2.05, 4.69) is 59.1 Å². The Morgan fingerprint density at radius 2 is 2.00 bits per heavy atom. The molecule has 0 bridgehead atoms. The van der Waals surface area contributed by atoms with Gasteiger partial charge in [-0.1, -0.05) is 26.0 Å². The van der Waals surface area contributed by atoms with Crippen molar-refractivity contribution in [3.63, 3.8) is 0 Å². The van der Waals surface area contributed by atoms with Crippen LogP contribution < -0.4 is 16.0 Å². The molecule has 9 heteroatoms. The Morgan fingerprint density at radius 3 is 2.62 bits per heavy atom. The second kappa shape index (κ2) is 11.4. The third-order valence-corrected chi connectivity index (χ3v) is 8.77. The number of hydrogen-bond donors (Lipinski definition) is 3. The highest BCUT2D eigenvalue weighted by atomic mass is 32.2. The third-order valence-electron chi connectivity index (χ3n) is 7.83. The number of nitrogens with zero attached hydrogens (tertiary/aromatic N) is 2. The molecule has 3 aliphatic rings. The largest absolute Gasteiger partial charge is 0.362 e. The lowest BCUT2D eigenvalue weighted by atomic mass is 9.76. The van der Waals surface area contributed by atoms with Gasteiger partial charge in [-0.15, -0.1) is 0 Å². The Kier molecular flexibility index (Phi) is 8.39. The summed E-state index contributed by atoms with van der Waals surface area (Å²) in [6, 6.07) is 8.30. The highest BCUT2D eigenvalue weighted by molar-refractivity contribution is 7.90. The van der Waals surface area contributed by atoms with E-state index in [0.29, 0.717) is 25.0 Å². The van der Waals surface area contributed by atoms with E-state index in [1.807, 2.05) is 6.07 Å². The van der Waals surface area contributed by atoms with Crippen LogP contribution in [0.25, 0.3) is 5.57 Å². The van der Waals surface area contributed by atoms with Crippen LogP contribution in [0.1, 0.15) is 75.8 Å². The Morgan fingerprint density at radius 1 is 1.24 bits per heavy atom. The molecule has 1 fully saturated rings. The summed E-state index contributed by atoms with van der Waals surface area (Å²) in [4.78, 5) is 17.1. The van der Waals surface area contributed by atoms with E-state index < -0.39 is 15.9 Å². The Bertz CT molecular complexity index is 1220. The molecule has 0 aromatic heterocycles. The summed E-state index contributed by atoms with van der Waals surface area (Å²) in [6.07, 6.45) is 10.8. The first-order valence-corrected chi connectivity index (χ1v) is 15.4. The van der Waals surface area contributed by atoms with Crippen molar-refractivity contribution in [3.05, 3.63) is 35.4 Å². The number of anilines is 1. The van der Waals surface area contributed by atoms with Gasteiger partial charge in [0.2, 0.25) is 0 Å². The lowest BCUT2D eigenvalue weighted by molar-refractivity contribution is -0.110. The summed E-state index contributed by atoms with van der Waals surface area (Å²) in [5.74, 6) is 0.509. The van der Waals surface area contributed by atoms with E-state index in [1.54, 1.807) is 0 Å². The van der Waals surface area contributed by atoms with Crippen LogP contribution in [0.15, 0.2) is 29.3 Å². The second-order valence-electron chi connectivity index (χ2n) is 11.5. The van der Waals surface area contributed by atoms with Crippen molar-refractivity contribution in [2.24, 2.45) is 10.4 Å². The molecule has 4 rings (SSSR count). The predicted molar refractivity (Wildman–Crippen MR) is 148 cm³/mol. The normalized spacial score (nSPS) is 25.4. The smallest absolute Gasteiger partial charge is 0.290 e. The van der Waals surface area contributed by atoms with Crippen molar-refractivity contribution in [1.29, 1.82) is 5.26 Å². The van der Waals surface area contributed by atoms with Crippen molar-refractivity contribution in [2.45, 2.75) is 76.8 Å². The molecule has 0 radical (unpaired) electrons. The maximum absolute atomic E-state index is 12.9. The molecule has 1 amide bonds. The van der Waals surface area contributed by atoms with Gasteiger partial charge >= 0.3 is 0 Å². The average Bonchev–Trinajstić information content (AvgIpc) is 3.34. The molecule has 1 atom stereocenters. The summed E-state index contributed by atoms with van der Waals surface area (Å²) in [6.45, 7) is 5.44. The highest BCUT2D eigenvalue weighted by Gasteiger charge is 2.27. The minimum atomic E-state index is -2.95. The lowest BCUT2D eigenvalue weighted by Crippen LogP contribution is -2.35. The summed E-state index contributed by atoms with van der Waals surface area (Å²) < 4.78 is 22.8. The van der Waals surface area contributed by atoms with Crippen molar-refractivity contribution >= 4 is 32.8 Å². The number of nitriles is 1. The van der Waals surface area contributed by atoms with Crippen LogP contribution in [0, 0.1) is 16.7 Å². The van der Waals surface area contributed by atoms with Crippen LogP contribution in [0.3, 0.4) is 0 Å². The predicted octanol–water partition coefficient (Wildman–Crippen LogP) is 3.77. The topological polar surface area (TPSA) is 123 Å². The van der Waals surface area contributed by atoms with Crippen LogP contribution in [-0.2, 0) is 14.6 Å². The molecule has 0 saturated heterocycles. The summed E-state index contributed by atoms with van der Waals surface area (Å²) in [5, 5.41) is 18.5. The molecule has 200 valence electrons. The van der Waals surface area contributed by atoms with Gasteiger partial charge in [-0.05, 0) is 79.5 Å². The number of sulfone groups is 1. The van der Waals surface area contributed by atoms with E-state index in [9.17, 15) is 13.2 Å². The van der Waals surface area contributed by atoms with Crippen molar-refractivity contribution in [2.75, 3.05) is 30.4 Å². The molecule has 37 heavy (non-hydrogen) atoms. The first kappa shape index (κ1) is 27.3. The molecule has 1 saturated carbocycles. The summed E-state index contributed by atoms with van der Waals surface area (Å²) in [7, 11) is -2.95. The number of amidine groups is 1. The van der Waals surface area contributed by atoms with Gasteiger partial charge in [-0.3, -0.25) is 4.79 Å². The fraction of sp³-hybridized carbons (Fsp3) is 0.607. The van der Waals surface area contributed by atoms with E-state index in [0.717, 1.165) is 56.2 Å².